The standard InChI is InChI=1S/C32H55N3O6/c1-8-40-15-16-41-31-18-24(9-10-30(31)39-7)17-25(21(2)3)19-28(33)29(37)20-27(22(4)5)32(38)34-26-11-13-35(14-12-26)23(6)36/h9-10,18,21-22,25-29,37H,8,11-17,19-20,33H2,1-7H3,(H,34,38)/t25-,27-,28-,29-/m0/s1. The fourth-order valence-electron chi connectivity index (χ4n) is 5.48. The third kappa shape index (κ3) is 11.4. The van der Waals surface area contributed by atoms with Crippen LogP contribution in [0.15, 0.2) is 18.2 Å². The summed E-state index contributed by atoms with van der Waals surface area (Å²) < 4.78 is 16.8. The molecule has 1 saturated heterocycles. The number of carbonyl (C=O) groups is 2. The molecule has 1 aromatic carbocycles. The molecule has 1 heterocycles. The third-order valence-electron chi connectivity index (χ3n) is 8.35. The minimum atomic E-state index is -0.790. The minimum absolute atomic E-state index is 0.0389. The molecule has 0 bridgehead atoms. The van der Waals surface area contributed by atoms with Crippen molar-refractivity contribution in [2.24, 2.45) is 29.4 Å². The fourth-order valence-corrected chi connectivity index (χ4v) is 5.48. The zero-order valence-corrected chi connectivity index (χ0v) is 26.4. The van der Waals surface area contributed by atoms with Crippen LogP contribution in [0.5, 0.6) is 11.5 Å². The van der Waals surface area contributed by atoms with Gasteiger partial charge in [0.2, 0.25) is 11.8 Å². The molecule has 0 aliphatic carbocycles. The van der Waals surface area contributed by atoms with Gasteiger partial charge in [0.05, 0.1) is 19.8 Å². The van der Waals surface area contributed by atoms with E-state index in [0.29, 0.717) is 63.2 Å². The van der Waals surface area contributed by atoms with Crippen LogP contribution in [-0.4, -0.2) is 80.0 Å². The zero-order chi connectivity index (χ0) is 30.5. The van der Waals surface area contributed by atoms with Crippen molar-refractivity contribution in [3.05, 3.63) is 23.8 Å². The summed E-state index contributed by atoms with van der Waals surface area (Å²) in [5.41, 5.74) is 7.70. The molecule has 9 heteroatoms. The summed E-state index contributed by atoms with van der Waals surface area (Å²) in [6, 6.07) is 5.59. The van der Waals surface area contributed by atoms with E-state index in [1.54, 1.807) is 14.0 Å². The molecule has 4 N–H and O–H groups in total. The first-order chi connectivity index (χ1) is 19.5. The number of aliphatic hydroxyl groups excluding tert-OH is 1. The lowest BCUT2D eigenvalue weighted by atomic mass is 9.80. The van der Waals surface area contributed by atoms with Crippen molar-refractivity contribution in [2.75, 3.05) is 40.0 Å². The average Bonchev–Trinajstić information content (AvgIpc) is 2.93. The SMILES string of the molecule is CCOCCOc1cc(C[C@@H](C[C@H](N)[C@@H](O)C[C@H](C(=O)NC2CCN(C(C)=O)CC2)C(C)C)C(C)C)ccc1OC. The van der Waals surface area contributed by atoms with Crippen LogP contribution in [0, 0.1) is 23.7 Å². The van der Waals surface area contributed by atoms with E-state index in [4.69, 9.17) is 19.9 Å². The van der Waals surface area contributed by atoms with E-state index < -0.39 is 12.1 Å². The predicted octanol–water partition coefficient (Wildman–Crippen LogP) is 3.79. The monoisotopic (exact) mass is 577 g/mol. The number of amides is 2. The second-order valence-corrected chi connectivity index (χ2v) is 12.1. The molecule has 2 rings (SSSR count). The molecule has 0 unspecified atom stereocenters. The second-order valence-electron chi connectivity index (χ2n) is 12.1. The summed E-state index contributed by atoms with van der Waals surface area (Å²) in [4.78, 5) is 26.7. The van der Waals surface area contributed by atoms with E-state index in [1.807, 2.05) is 43.9 Å². The number of rotatable bonds is 17. The lowest BCUT2D eigenvalue weighted by molar-refractivity contribution is -0.130. The van der Waals surface area contributed by atoms with Crippen molar-refractivity contribution in [1.29, 1.82) is 0 Å². The first kappa shape index (κ1) is 34.8. The Labute approximate surface area is 247 Å². The molecule has 0 saturated carbocycles. The van der Waals surface area contributed by atoms with Crippen molar-refractivity contribution in [1.82, 2.24) is 10.2 Å². The molecule has 4 atom stereocenters. The van der Waals surface area contributed by atoms with Crippen LogP contribution in [0.25, 0.3) is 0 Å². The maximum atomic E-state index is 13.2. The Morgan fingerprint density at radius 1 is 1.07 bits per heavy atom. The van der Waals surface area contributed by atoms with Gasteiger partial charge in [0, 0.05) is 44.6 Å². The molecule has 1 fully saturated rings. The van der Waals surface area contributed by atoms with Crippen LogP contribution in [-0.2, 0) is 20.7 Å². The summed E-state index contributed by atoms with van der Waals surface area (Å²) in [5, 5.41) is 14.3. The molecule has 0 aromatic heterocycles. The topological polar surface area (TPSA) is 123 Å². The minimum Gasteiger partial charge on any atom is -0.493 e. The van der Waals surface area contributed by atoms with E-state index in [2.05, 4.69) is 19.2 Å². The van der Waals surface area contributed by atoms with E-state index in [0.717, 1.165) is 24.8 Å². The summed E-state index contributed by atoms with van der Waals surface area (Å²) in [7, 11) is 1.63. The van der Waals surface area contributed by atoms with Crippen molar-refractivity contribution < 1.29 is 28.9 Å². The van der Waals surface area contributed by atoms with Crippen LogP contribution in [0.3, 0.4) is 0 Å². The number of ether oxygens (including phenoxy) is 3. The van der Waals surface area contributed by atoms with Crippen molar-refractivity contribution >= 4 is 11.8 Å². The first-order valence-corrected chi connectivity index (χ1v) is 15.3. The largest absolute Gasteiger partial charge is 0.493 e. The van der Waals surface area contributed by atoms with Gasteiger partial charge in [0.1, 0.15) is 6.61 Å². The highest BCUT2D eigenvalue weighted by Crippen LogP contribution is 2.31. The number of likely N-dealkylation sites (tertiary alicyclic amines) is 1. The maximum absolute atomic E-state index is 13.2. The number of carbonyl (C=O) groups excluding carboxylic acids is 2. The fraction of sp³-hybridized carbons (Fsp3) is 0.750. The Morgan fingerprint density at radius 3 is 2.32 bits per heavy atom. The number of nitrogens with two attached hydrogens (primary N) is 1. The smallest absolute Gasteiger partial charge is 0.223 e. The maximum Gasteiger partial charge on any atom is 0.223 e. The number of aliphatic hydroxyl groups is 1. The van der Waals surface area contributed by atoms with Gasteiger partial charge in [-0.2, -0.15) is 0 Å². The lowest BCUT2D eigenvalue weighted by Gasteiger charge is -2.34. The molecule has 234 valence electrons. The molecule has 1 aromatic rings. The number of methoxy groups -OCH3 is 1. The molecule has 9 nitrogen and oxygen atoms in total. The second kappa shape index (κ2) is 17.6. The third-order valence-corrected chi connectivity index (χ3v) is 8.35. The van der Waals surface area contributed by atoms with Crippen LogP contribution in [0.4, 0.5) is 0 Å². The predicted molar refractivity (Wildman–Crippen MR) is 162 cm³/mol. The molecular weight excluding hydrogens is 522 g/mol. The number of hydrogen-bond acceptors (Lipinski definition) is 7. The van der Waals surface area contributed by atoms with E-state index in [9.17, 15) is 14.7 Å². The molecule has 0 radical (unpaired) electrons. The van der Waals surface area contributed by atoms with Gasteiger partial charge in [-0.3, -0.25) is 9.59 Å². The van der Waals surface area contributed by atoms with Gasteiger partial charge < -0.3 is 35.3 Å². The summed E-state index contributed by atoms with van der Waals surface area (Å²) >= 11 is 0. The Hall–Kier alpha value is -2.36. The highest BCUT2D eigenvalue weighted by Gasteiger charge is 2.31. The van der Waals surface area contributed by atoms with Gasteiger partial charge in [0.25, 0.3) is 0 Å². The van der Waals surface area contributed by atoms with Gasteiger partial charge >= 0.3 is 0 Å². The molecule has 41 heavy (non-hydrogen) atoms. The van der Waals surface area contributed by atoms with Crippen molar-refractivity contribution in [3.8, 4) is 11.5 Å². The number of benzene rings is 1. The molecular formula is C32H55N3O6. The lowest BCUT2D eigenvalue weighted by Crippen LogP contribution is -2.49. The van der Waals surface area contributed by atoms with Gasteiger partial charge in [-0.15, -0.1) is 0 Å². The van der Waals surface area contributed by atoms with E-state index in [1.165, 1.54) is 0 Å². The first-order valence-electron chi connectivity index (χ1n) is 15.3. The summed E-state index contributed by atoms with van der Waals surface area (Å²) in [6.45, 7) is 14.8. The number of nitrogens with zero attached hydrogens (tertiary/aromatic N) is 1. The van der Waals surface area contributed by atoms with Gasteiger partial charge in [-0.1, -0.05) is 33.8 Å². The Kier molecular flexibility index (Phi) is 14.9. The molecule has 1 aliphatic heterocycles. The quantitative estimate of drug-likeness (QED) is 0.241. The highest BCUT2D eigenvalue weighted by molar-refractivity contribution is 5.79. The molecule has 2 amide bonds. The van der Waals surface area contributed by atoms with Crippen LogP contribution < -0.4 is 20.5 Å². The Bertz CT molecular complexity index is 932. The van der Waals surface area contributed by atoms with Gasteiger partial charge in [0.15, 0.2) is 11.5 Å². The zero-order valence-electron chi connectivity index (χ0n) is 26.4. The van der Waals surface area contributed by atoms with E-state index in [-0.39, 0.29) is 35.6 Å². The van der Waals surface area contributed by atoms with Crippen molar-refractivity contribution in [2.45, 2.75) is 91.8 Å². The highest BCUT2D eigenvalue weighted by atomic mass is 16.5. The molecule has 1 aliphatic rings. The van der Waals surface area contributed by atoms with Crippen LogP contribution in [0.1, 0.15) is 72.8 Å². The number of nitrogens with one attached hydrogen (secondary N) is 1. The summed E-state index contributed by atoms with van der Waals surface area (Å²) in [6.07, 6.45) is 2.46. The van der Waals surface area contributed by atoms with Gasteiger partial charge in [-0.25, -0.2) is 0 Å². The van der Waals surface area contributed by atoms with Crippen LogP contribution >= 0.6 is 0 Å². The van der Waals surface area contributed by atoms with Crippen LogP contribution in [0.2, 0.25) is 0 Å². The average molecular weight is 578 g/mol. The van der Waals surface area contributed by atoms with Crippen molar-refractivity contribution in [3.63, 3.8) is 0 Å². The summed E-state index contributed by atoms with van der Waals surface area (Å²) in [5.74, 6) is 1.72. The Morgan fingerprint density at radius 2 is 1.76 bits per heavy atom. The molecule has 0 spiro atoms. The van der Waals surface area contributed by atoms with E-state index >= 15 is 0 Å². The van der Waals surface area contributed by atoms with Gasteiger partial charge in [-0.05, 0) is 74.5 Å². The number of piperidine rings is 1. The normalized spacial score (nSPS) is 17.3. The Balaban J connectivity index is 1.98. The number of hydrogen-bond donors (Lipinski definition) is 3.